The minimum Gasteiger partial charge on any atom is -0.316 e. The van der Waals surface area contributed by atoms with Crippen LogP contribution in [0.4, 0.5) is 0 Å². The van der Waals surface area contributed by atoms with Gasteiger partial charge in [0.05, 0.1) is 16.1 Å². The highest BCUT2D eigenvalue weighted by atomic mass is 35.5. The van der Waals surface area contributed by atoms with Gasteiger partial charge in [-0.15, -0.1) is 0 Å². The van der Waals surface area contributed by atoms with Crippen LogP contribution >= 0.6 is 11.6 Å². The van der Waals surface area contributed by atoms with Gasteiger partial charge in [0.25, 0.3) is 10.0 Å². The summed E-state index contributed by atoms with van der Waals surface area (Å²) in [6.07, 6.45) is 4.17. The summed E-state index contributed by atoms with van der Waals surface area (Å²) < 4.78 is 30.3. The van der Waals surface area contributed by atoms with E-state index in [4.69, 9.17) is 11.6 Å². The molecule has 0 bridgehead atoms. The van der Waals surface area contributed by atoms with E-state index < -0.39 is 10.0 Å². The number of hydrogen-bond donors (Lipinski definition) is 0. The van der Waals surface area contributed by atoms with Crippen molar-refractivity contribution < 1.29 is 13.2 Å². The number of rotatable bonds is 5. The van der Waals surface area contributed by atoms with Crippen LogP contribution in [-0.2, 0) is 10.0 Å². The zero-order valence-corrected chi connectivity index (χ0v) is 19.2. The van der Waals surface area contributed by atoms with Gasteiger partial charge in [-0.2, -0.15) is 0 Å². The van der Waals surface area contributed by atoms with Crippen molar-refractivity contribution in [1.82, 2.24) is 8.54 Å². The molecule has 2 aromatic heterocycles. The monoisotopic (exact) mass is 474 g/mol. The lowest BCUT2D eigenvalue weighted by Gasteiger charge is -2.10. The molecule has 3 aromatic carbocycles. The van der Waals surface area contributed by atoms with E-state index in [0.29, 0.717) is 27.4 Å². The third kappa shape index (κ3) is 3.57. The molecule has 0 amide bonds. The lowest BCUT2D eigenvalue weighted by molar-refractivity contribution is 0.112. The normalized spacial score (nSPS) is 11.7. The molecule has 5 nitrogen and oxygen atoms in total. The minimum atomic E-state index is -3.85. The van der Waals surface area contributed by atoms with Crippen LogP contribution in [0.15, 0.2) is 96.2 Å². The van der Waals surface area contributed by atoms with Crippen molar-refractivity contribution in [3.63, 3.8) is 0 Å². The second kappa shape index (κ2) is 8.06. The van der Waals surface area contributed by atoms with Gasteiger partial charge in [0.15, 0.2) is 6.29 Å². The third-order valence-corrected chi connectivity index (χ3v) is 7.60. The Morgan fingerprint density at radius 3 is 2.27 bits per heavy atom. The lowest BCUT2D eigenvalue weighted by atomic mass is 10.1. The van der Waals surface area contributed by atoms with Crippen molar-refractivity contribution in [3.05, 3.63) is 107 Å². The number of hydrogen-bond acceptors (Lipinski definition) is 3. The maximum absolute atomic E-state index is 13.6. The van der Waals surface area contributed by atoms with E-state index in [1.165, 1.54) is 3.97 Å². The van der Waals surface area contributed by atoms with E-state index in [-0.39, 0.29) is 4.90 Å². The van der Waals surface area contributed by atoms with Crippen molar-refractivity contribution in [2.75, 3.05) is 0 Å². The van der Waals surface area contributed by atoms with E-state index >= 15 is 0 Å². The summed E-state index contributed by atoms with van der Waals surface area (Å²) >= 11 is 6.05. The second-order valence-corrected chi connectivity index (χ2v) is 10.0. The number of benzene rings is 3. The largest absolute Gasteiger partial charge is 0.316 e. The predicted molar refractivity (Wildman–Crippen MR) is 131 cm³/mol. The van der Waals surface area contributed by atoms with Crippen LogP contribution in [-0.4, -0.2) is 23.2 Å². The maximum atomic E-state index is 13.6. The highest BCUT2D eigenvalue weighted by Crippen LogP contribution is 2.36. The fourth-order valence-corrected chi connectivity index (χ4v) is 5.50. The van der Waals surface area contributed by atoms with E-state index in [9.17, 15) is 13.2 Å². The van der Waals surface area contributed by atoms with Crippen molar-refractivity contribution >= 4 is 38.8 Å². The fraction of sp³-hybridized carbons (Fsp3) is 0.0385. The molecule has 0 aliphatic heterocycles. The van der Waals surface area contributed by atoms with Gasteiger partial charge >= 0.3 is 0 Å². The first-order valence-electron chi connectivity index (χ1n) is 10.3. The number of para-hydroxylation sites is 1. The highest BCUT2D eigenvalue weighted by molar-refractivity contribution is 7.90. The SMILES string of the molecule is Cc1ccc(S(=O)(=O)n2cc(-c3c(C=O)ccn3-c3ccc(Cl)cc3)c3ccccc32)cc1. The topological polar surface area (TPSA) is 61.1 Å². The zero-order chi connectivity index (χ0) is 23.2. The van der Waals surface area contributed by atoms with Crippen LogP contribution in [0.2, 0.25) is 5.02 Å². The molecule has 0 spiro atoms. The molecule has 0 atom stereocenters. The van der Waals surface area contributed by atoms with E-state index in [0.717, 1.165) is 22.9 Å². The number of aryl methyl sites for hydroxylation is 1. The van der Waals surface area contributed by atoms with Crippen LogP contribution in [0.5, 0.6) is 0 Å². The number of fused-ring (bicyclic) bond motifs is 1. The minimum absolute atomic E-state index is 0.198. The Balaban J connectivity index is 1.79. The Bertz CT molecular complexity index is 1600. The molecular weight excluding hydrogens is 456 g/mol. The van der Waals surface area contributed by atoms with Crippen LogP contribution < -0.4 is 0 Å². The molecule has 5 rings (SSSR count). The van der Waals surface area contributed by atoms with Gasteiger partial charge in [-0.1, -0.05) is 47.5 Å². The second-order valence-electron chi connectivity index (χ2n) is 7.76. The van der Waals surface area contributed by atoms with Gasteiger partial charge in [-0.05, 0) is 55.5 Å². The Morgan fingerprint density at radius 2 is 1.58 bits per heavy atom. The lowest BCUT2D eigenvalue weighted by Crippen LogP contribution is -2.11. The molecule has 7 heteroatoms. The Hall–Kier alpha value is -3.61. The molecule has 0 unspecified atom stereocenters. The average Bonchev–Trinajstić information content (AvgIpc) is 3.41. The van der Waals surface area contributed by atoms with Crippen LogP contribution in [0.3, 0.4) is 0 Å². The summed E-state index contributed by atoms with van der Waals surface area (Å²) in [5.74, 6) is 0. The Labute approximate surface area is 196 Å². The average molecular weight is 475 g/mol. The van der Waals surface area contributed by atoms with Gasteiger partial charge in [-0.3, -0.25) is 4.79 Å². The molecule has 0 fully saturated rings. The van der Waals surface area contributed by atoms with E-state index in [1.807, 2.05) is 35.8 Å². The fourth-order valence-electron chi connectivity index (χ4n) is 4.01. The smallest absolute Gasteiger partial charge is 0.268 e. The first-order valence-corrected chi connectivity index (χ1v) is 12.1. The number of carbonyl (C=O) groups excluding carboxylic acids is 1. The molecule has 5 aromatic rings. The summed E-state index contributed by atoms with van der Waals surface area (Å²) in [6.45, 7) is 1.91. The van der Waals surface area contributed by atoms with Crippen molar-refractivity contribution in [2.45, 2.75) is 11.8 Å². The molecule has 0 aliphatic rings. The summed E-state index contributed by atoms with van der Waals surface area (Å²) in [5.41, 5.74) is 4.03. The molecule has 164 valence electrons. The Morgan fingerprint density at radius 1 is 0.879 bits per heavy atom. The van der Waals surface area contributed by atoms with Crippen LogP contribution in [0.25, 0.3) is 27.8 Å². The molecule has 33 heavy (non-hydrogen) atoms. The Kier molecular flexibility index (Phi) is 5.19. The molecule has 0 N–H and O–H groups in total. The summed E-state index contributed by atoms with van der Waals surface area (Å²) in [7, 11) is -3.85. The molecule has 0 saturated heterocycles. The molecule has 0 radical (unpaired) electrons. The number of aldehydes is 1. The van der Waals surface area contributed by atoms with E-state index in [1.54, 1.807) is 67.0 Å². The third-order valence-electron chi connectivity index (χ3n) is 5.66. The number of nitrogens with zero attached hydrogens (tertiary/aromatic N) is 2. The van der Waals surface area contributed by atoms with Crippen molar-refractivity contribution in [1.29, 1.82) is 0 Å². The summed E-state index contributed by atoms with van der Waals surface area (Å²) in [6, 6.07) is 23.0. The maximum Gasteiger partial charge on any atom is 0.268 e. The number of halogens is 1. The number of aromatic nitrogens is 2. The molecular formula is C26H19ClN2O3S. The van der Waals surface area contributed by atoms with Gasteiger partial charge in [-0.25, -0.2) is 12.4 Å². The van der Waals surface area contributed by atoms with Gasteiger partial charge in [0.1, 0.15) is 0 Å². The number of carbonyl (C=O) groups is 1. The molecule has 2 heterocycles. The quantitative estimate of drug-likeness (QED) is 0.289. The standard InChI is InChI=1S/C26H19ClN2O3S/c1-18-6-12-22(13-7-18)33(31,32)29-16-24(23-4-2-3-5-25(23)29)26-19(17-30)14-15-28(26)21-10-8-20(27)9-11-21/h2-17H,1H3. The van der Waals surface area contributed by atoms with Gasteiger partial charge in [0, 0.05) is 39.6 Å². The highest BCUT2D eigenvalue weighted by Gasteiger charge is 2.24. The van der Waals surface area contributed by atoms with Crippen molar-refractivity contribution in [2.24, 2.45) is 0 Å². The molecule has 0 aliphatic carbocycles. The van der Waals surface area contributed by atoms with Crippen LogP contribution in [0, 0.1) is 6.92 Å². The van der Waals surface area contributed by atoms with Gasteiger partial charge in [0.2, 0.25) is 0 Å². The first-order chi connectivity index (χ1) is 15.9. The summed E-state index contributed by atoms with van der Waals surface area (Å²) in [5, 5.41) is 1.33. The van der Waals surface area contributed by atoms with Crippen molar-refractivity contribution in [3.8, 4) is 16.9 Å². The van der Waals surface area contributed by atoms with Crippen LogP contribution in [0.1, 0.15) is 15.9 Å². The zero-order valence-electron chi connectivity index (χ0n) is 17.6. The van der Waals surface area contributed by atoms with E-state index in [2.05, 4.69) is 0 Å². The first kappa shape index (κ1) is 21.2. The molecule has 0 saturated carbocycles. The predicted octanol–water partition coefficient (Wildman–Crippen LogP) is 6.11. The summed E-state index contributed by atoms with van der Waals surface area (Å²) in [4.78, 5) is 12.1. The van der Waals surface area contributed by atoms with Gasteiger partial charge < -0.3 is 4.57 Å².